The molecule has 0 heterocycles. The first-order chi connectivity index (χ1) is 9.62. The van der Waals surface area contributed by atoms with E-state index in [0.717, 1.165) is 0 Å². The van der Waals surface area contributed by atoms with E-state index >= 15 is 0 Å². The molecule has 0 aliphatic rings. The van der Waals surface area contributed by atoms with Crippen LogP contribution in [0.5, 0.6) is 11.5 Å². The fraction of sp³-hybridized carbons (Fsp3) is 0.400. The van der Waals surface area contributed by atoms with Crippen molar-refractivity contribution in [1.29, 1.82) is 0 Å². The third-order valence-corrected chi connectivity index (χ3v) is 4.62. The van der Waals surface area contributed by atoms with E-state index in [1.807, 2.05) is 0 Å². The summed E-state index contributed by atoms with van der Waals surface area (Å²) in [5.74, 6) is -0.559. The van der Waals surface area contributed by atoms with Crippen molar-refractivity contribution in [3.8, 4) is 11.5 Å². The molecule has 0 saturated carbocycles. The molecule has 0 aliphatic heterocycles. The Hall–Kier alpha value is -1.56. The quantitative estimate of drug-likeness (QED) is 0.512. The predicted molar refractivity (Wildman–Crippen MR) is 73.5 cm³/mol. The van der Waals surface area contributed by atoms with E-state index in [-0.39, 0.29) is 22.1 Å². The maximum atomic E-state index is 12.1. The van der Waals surface area contributed by atoms with Crippen LogP contribution < -0.4 is 15.2 Å². The van der Waals surface area contributed by atoms with Gasteiger partial charge in [-0.1, -0.05) is 0 Å². The molecule has 0 amide bonds. The van der Waals surface area contributed by atoms with Gasteiger partial charge in [-0.2, -0.15) is 8.42 Å². The first kappa shape index (κ1) is 17.5. The topological polar surface area (TPSA) is 142 Å². The molecule has 1 rings (SSSR count). The van der Waals surface area contributed by atoms with Crippen LogP contribution in [-0.2, 0) is 24.4 Å². The highest BCUT2D eigenvalue weighted by molar-refractivity contribution is 7.91. The lowest BCUT2D eigenvalue weighted by atomic mass is 10.2. The van der Waals surface area contributed by atoms with Crippen LogP contribution in [0.3, 0.4) is 0 Å². The lowest BCUT2D eigenvalue weighted by Crippen LogP contribution is -2.16. The summed E-state index contributed by atoms with van der Waals surface area (Å²) in [6.45, 7) is -0.740. The zero-order chi connectivity index (χ0) is 16.3. The molecule has 0 fully saturated rings. The average molecular weight is 341 g/mol. The maximum Gasteiger partial charge on any atom is 0.397 e. The summed E-state index contributed by atoms with van der Waals surface area (Å²) >= 11 is 0. The fourth-order valence-electron chi connectivity index (χ4n) is 1.55. The van der Waals surface area contributed by atoms with Crippen molar-refractivity contribution in [2.45, 2.75) is 4.90 Å². The maximum absolute atomic E-state index is 12.1. The van der Waals surface area contributed by atoms with Crippen LogP contribution >= 0.6 is 0 Å². The molecule has 11 heteroatoms. The summed E-state index contributed by atoms with van der Waals surface area (Å²) in [5.41, 5.74) is 5.72. The minimum atomic E-state index is -4.70. The molecule has 0 saturated heterocycles. The number of rotatable bonds is 7. The van der Waals surface area contributed by atoms with Crippen molar-refractivity contribution < 1.29 is 35.0 Å². The highest BCUT2D eigenvalue weighted by atomic mass is 32.3. The molecule has 9 nitrogen and oxygen atoms in total. The van der Waals surface area contributed by atoms with Crippen LogP contribution in [0.4, 0.5) is 5.69 Å². The molecule has 3 N–H and O–H groups in total. The summed E-state index contributed by atoms with van der Waals surface area (Å²) in [6.07, 6.45) is 0. The second-order valence-electron chi connectivity index (χ2n) is 3.78. The van der Waals surface area contributed by atoms with Crippen molar-refractivity contribution in [2.24, 2.45) is 0 Å². The lowest BCUT2D eigenvalue weighted by Gasteiger charge is -2.14. The summed E-state index contributed by atoms with van der Waals surface area (Å²) in [4.78, 5) is -0.234. The second-order valence-corrected chi connectivity index (χ2v) is 6.95. The fourth-order valence-corrected chi connectivity index (χ4v) is 3.23. The lowest BCUT2D eigenvalue weighted by molar-refractivity contribution is 0.284. The van der Waals surface area contributed by atoms with Crippen molar-refractivity contribution in [1.82, 2.24) is 0 Å². The number of anilines is 1. The normalized spacial score (nSPS) is 12.1. The molecular formula is C10H15NO8S2. The van der Waals surface area contributed by atoms with E-state index in [1.165, 1.54) is 26.4 Å². The Morgan fingerprint density at radius 3 is 2.24 bits per heavy atom. The number of benzene rings is 1. The van der Waals surface area contributed by atoms with E-state index in [1.54, 1.807) is 0 Å². The molecule has 0 spiro atoms. The number of ether oxygens (including phenoxy) is 2. The summed E-state index contributed by atoms with van der Waals surface area (Å²) in [6, 6.07) is 2.56. The SMILES string of the molecule is COc1ccc(S(=O)(=O)CCOS(=O)(=O)O)c(OC)c1N. The Balaban J connectivity index is 3.11. The van der Waals surface area contributed by atoms with E-state index in [9.17, 15) is 16.8 Å². The van der Waals surface area contributed by atoms with Gasteiger partial charge in [0.05, 0.1) is 26.6 Å². The molecule has 0 bridgehead atoms. The van der Waals surface area contributed by atoms with Crippen LogP contribution in [0.15, 0.2) is 17.0 Å². The Morgan fingerprint density at radius 1 is 1.14 bits per heavy atom. The molecule has 120 valence electrons. The minimum absolute atomic E-state index is 0.00299. The molecule has 0 aromatic heterocycles. The van der Waals surface area contributed by atoms with Crippen LogP contribution in [0.2, 0.25) is 0 Å². The van der Waals surface area contributed by atoms with Gasteiger partial charge < -0.3 is 15.2 Å². The number of hydrogen-bond acceptors (Lipinski definition) is 8. The Bertz CT molecular complexity index is 711. The van der Waals surface area contributed by atoms with E-state index in [0.29, 0.717) is 0 Å². The average Bonchev–Trinajstić information content (AvgIpc) is 2.36. The molecule has 0 aliphatic carbocycles. The largest absolute Gasteiger partial charge is 0.494 e. The summed E-state index contributed by atoms with van der Waals surface area (Å²) in [5, 5.41) is 0. The summed E-state index contributed by atoms with van der Waals surface area (Å²) < 4.78 is 67.3. The van der Waals surface area contributed by atoms with Gasteiger partial charge in [0.1, 0.15) is 16.3 Å². The third kappa shape index (κ3) is 4.46. The molecule has 0 atom stereocenters. The van der Waals surface area contributed by atoms with Gasteiger partial charge in [0.15, 0.2) is 15.6 Å². The van der Waals surface area contributed by atoms with E-state index in [2.05, 4.69) is 4.18 Å². The van der Waals surface area contributed by atoms with Crippen molar-refractivity contribution in [3.63, 3.8) is 0 Å². The van der Waals surface area contributed by atoms with Crippen LogP contribution in [0, 0.1) is 0 Å². The smallest absolute Gasteiger partial charge is 0.397 e. The van der Waals surface area contributed by atoms with Gasteiger partial charge in [0.2, 0.25) is 0 Å². The Kier molecular flexibility index (Phi) is 5.39. The van der Waals surface area contributed by atoms with Crippen molar-refractivity contribution in [3.05, 3.63) is 12.1 Å². The molecule has 1 aromatic rings. The van der Waals surface area contributed by atoms with Gasteiger partial charge >= 0.3 is 10.4 Å². The third-order valence-electron chi connectivity index (χ3n) is 2.46. The zero-order valence-corrected chi connectivity index (χ0v) is 12.9. The van der Waals surface area contributed by atoms with Gasteiger partial charge in [0, 0.05) is 0 Å². The monoisotopic (exact) mass is 341 g/mol. The highest BCUT2D eigenvalue weighted by Crippen LogP contribution is 2.37. The van der Waals surface area contributed by atoms with Crippen LogP contribution in [0.25, 0.3) is 0 Å². The molecular weight excluding hydrogens is 326 g/mol. The van der Waals surface area contributed by atoms with E-state index in [4.69, 9.17) is 19.8 Å². The predicted octanol–water partition coefficient (Wildman–Crippen LogP) is -0.121. The van der Waals surface area contributed by atoms with Crippen molar-refractivity contribution in [2.75, 3.05) is 32.3 Å². The Labute approximate surface area is 122 Å². The standard InChI is InChI=1S/C10H15NO8S2/c1-17-7-3-4-8(10(18-2)9(7)11)20(12,13)6-5-19-21(14,15)16/h3-4H,5-6,11H2,1-2H3,(H,14,15,16). The number of sulfone groups is 1. The van der Waals surface area contributed by atoms with Gasteiger partial charge in [0.25, 0.3) is 0 Å². The number of nitrogen functional groups attached to an aromatic ring is 1. The van der Waals surface area contributed by atoms with Crippen molar-refractivity contribution >= 4 is 25.9 Å². The van der Waals surface area contributed by atoms with Gasteiger partial charge in [-0.25, -0.2) is 12.6 Å². The second kappa shape index (κ2) is 6.47. The minimum Gasteiger partial charge on any atom is -0.494 e. The number of hydrogen-bond donors (Lipinski definition) is 2. The van der Waals surface area contributed by atoms with Crippen LogP contribution in [-0.4, -0.2) is 48.0 Å². The molecule has 21 heavy (non-hydrogen) atoms. The molecule has 0 unspecified atom stereocenters. The van der Waals surface area contributed by atoms with Gasteiger partial charge in [-0.05, 0) is 12.1 Å². The van der Waals surface area contributed by atoms with Gasteiger partial charge in [-0.3, -0.25) is 4.55 Å². The zero-order valence-electron chi connectivity index (χ0n) is 11.3. The number of nitrogens with two attached hydrogens (primary N) is 1. The van der Waals surface area contributed by atoms with Gasteiger partial charge in [-0.15, -0.1) is 0 Å². The Morgan fingerprint density at radius 2 is 1.76 bits per heavy atom. The molecule has 1 aromatic carbocycles. The van der Waals surface area contributed by atoms with E-state index < -0.39 is 32.6 Å². The summed E-state index contributed by atoms with van der Waals surface area (Å²) in [7, 11) is -6.04. The highest BCUT2D eigenvalue weighted by Gasteiger charge is 2.24. The molecule has 0 radical (unpaired) electrons. The van der Waals surface area contributed by atoms with Crippen LogP contribution in [0.1, 0.15) is 0 Å². The number of methoxy groups -OCH3 is 2. The first-order valence-corrected chi connectivity index (χ1v) is 8.49. The first-order valence-electron chi connectivity index (χ1n) is 5.47.